The molecule has 8 fully saturated rings. The number of hydrogen-bond acceptors (Lipinski definition) is 6. The molecule has 3 aliphatic heterocycles. The largest absolute Gasteiger partial charge is 0.343 e. The summed E-state index contributed by atoms with van der Waals surface area (Å²) in [5.74, 6) is 2.60. The summed E-state index contributed by atoms with van der Waals surface area (Å²) in [6, 6.07) is 0.663. The molecule has 5 saturated carbocycles. The van der Waals surface area contributed by atoms with Gasteiger partial charge in [-0.15, -0.1) is 0 Å². The first kappa shape index (κ1) is 23.4. The lowest BCUT2D eigenvalue weighted by Crippen LogP contribution is -2.59. The van der Waals surface area contributed by atoms with E-state index in [9.17, 15) is 4.79 Å². The van der Waals surface area contributed by atoms with Crippen LogP contribution in [0, 0.1) is 29.6 Å². The van der Waals surface area contributed by atoms with Gasteiger partial charge in [-0.1, -0.05) is 0 Å². The van der Waals surface area contributed by atoms with Crippen molar-refractivity contribution in [2.45, 2.75) is 94.7 Å². The van der Waals surface area contributed by atoms with Gasteiger partial charge in [0.15, 0.2) is 0 Å². The van der Waals surface area contributed by atoms with Crippen LogP contribution in [-0.2, 0) is 19.3 Å². The van der Waals surface area contributed by atoms with Crippen LogP contribution >= 0.6 is 0 Å². The molecule has 0 aromatic heterocycles. The molecule has 2 spiro atoms. The fourth-order valence-corrected chi connectivity index (χ4v) is 9.16. The summed E-state index contributed by atoms with van der Waals surface area (Å²) in [5, 5.41) is 0. The van der Waals surface area contributed by atoms with Gasteiger partial charge in [0.25, 0.3) is 0 Å². The topological polar surface area (TPSA) is 54.5 Å². The Morgan fingerprint density at radius 3 is 2.06 bits per heavy atom. The Balaban J connectivity index is 0.888. The zero-order valence-electron chi connectivity index (χ0n) is 21.7. The van der Waals surface area contributed by atoms with Gasteiger partial charge in [0, 0.05) is 76.4 Å². The number of carbonyl (C=O) groups is 1. The molecule has 3 heterocycles. The molecule has 0 aromatic rings. The predicted molar refractivity (Wildman–Crippen MR) is 131 cm³/mol. The summed E-state index contributed by atoms with van der Waals surface area (Å²) in [4.78, 5) is 32.6. The second kappa shape index (κ2) is 8.93. The van der Waals surface area contributed by atoms with E-state index < -0.39 is 11.6 Å². The SMILES string of the molecule is CN1CCN(C2CCN(C(=O)CC3CCC4(CC3)OOC3(O4)C4CC5CC(C4)CC3C5)CC2)CC1. The first-order chi connectivity index (χ1) is 17.0. The van der Waals surface area contributed by atoms with E-state index in [0.717, 1.165) is 63.5 Å². The maximum absolute atomic E-state index is 13.1. The molecule has 4 bridgehead atoms. The van der Waals surface area contributed by atoms with Crippen molar-refractivity contribution in [2.75, 3.05) is 46.3 Å². The maximum atomic E-state index is 13.1. The summed E-state index contributed by atoms with van der Waals surface area (Å²) in [7, 11) is 2.21. The van der Waals surface area contributed by atoms with Crippen LogP contribution in [0.15, 0.2) is 0 Å². The van der Waals surface area contributed by atoms with Crippen LogP contribution in [-0.4, -0.2) is 84.5 Å². The van der Waals surface area contributed by atoms with E-state index in [1.165, 1.54) is 58.3 Å². The van der Waals surface area contributed by atoms with Crippen molar-refractivity contribution in [1.82, 2.24) is 14.7 Å². The zero-order valence-corrected chi connectivity index (χ0v) is 21.7. The zero-order chi connectivity index (χ0) is 23.6. The van der Waals surface area contributed by atoms with Crippen LogP contribution in [0.25, 0.3) is 0 Å². The summed E-state index contributed by atoms with van der Waals surface area (Å²) >= 11 is 0. The molecule has 1 amide bonds. The second-order valence-corrected chi connectivity index (χ2v) is 13.3. The molecule has 7 nitrogen and oxygen atoms in total. The minimum atomic E-state index is -0.560. The molecule has 0 aromatic carbocycles. The van der Waals surface area contributed by atoms with Crippen LogP contribution in [0.2, 0.25) is 0 Å². The normalized spacial score (nSPS) is 46.8. The minimum absolute atomic E-state index is 0.366. The molecule has 0 unspecified atom stereocenters. The Morgan fingerprint density at radius 2 is 1.43 bits per heavy atom. The lowest BCUT2D eigenvalue weighted by molar-refractivity contribution is -0.390. The highest BCUT2D eigenvalue weighted by atomic mass is 17.3. The fourth-order valence-electron chi connectivity index (χ4n) is 9.16. The predicted octanol–water partition coefficient (Wildman–Crippen LogP) is 3.63. The van der Waals surface area contributed by atoms with Crippen LogP contribution in [0.1, 0.15) is 77.0 Å². The fraction of sp³-hybridized carbons (Fsp3) is 0.964. The lowest BCUT2D eigenvalue weighted by Gasteiger charge is -2.57. The molecular formula is C28H45N3O4. The van der Waals surface area contributed by atoms with E-state index in [1.807, 2.05) is 0 Å². The molecule has 0 atom stereocenters. The van der Waals surface area contributed by atoms with Gasteiger partial charge >= 0.3 is 0 Å². The first-order valence-electron chi connectivity index (χ1n) is 14.8. The van der Waals surface area contributed by atoms with Crippen molar-refractivity contribution in [3.05, 3.63) is 0 Å². The highest BCUT2D eigenvalue weighted by Gasteiger charge is 2.66. The summed E-state index contributed by atoms with van der Waals surface area (Å²) in [5.41, 5.74) is 0. The highest BCUT2D eigenvalue weighted by Crippen LogP contribution is 2.63. The van der Waals surface area contributed by atoms with Crippen LogP contribution in [0.5, 0.6) is 0 Å². The van der Waals surface area contributed by atoms with Gasteiger partial charge in [-0.2, -0.15) is 9.78 Å². The molecule has 0 radical (unpaired) electrons. The molecule has 196 valence electrons. The molecule has 0 N–H and O–H groups in total. The number of amides is 1. The lowest BCUT2D eigenvalue weighted by atomic mass is 9.53. The van der Waals surface area contributed by atoms with Gasteiger partial charge in [-0.3, -0.25) is 9.69 Å². The summed E-state index contributed by atoms with van der Waals surface area (Å²) < 4.78 is 6.85. The van der Waals surface area contributed by atoms with Crippen LogP contribution in [0.3, 0.4) is 0 Å². The molecule has 8 rings (SSSR count). The second-order valence-electron chi connectivity index (χ2n) is 13.3. The van der Waals surface area contributed by atoms with E-state index in [1.54, 1.807) is 0 Å². The molecule has 5 aliphatic carbocycles. The number of likely N-dealkylation sites (N-methyl/N-ethyl adjacent to an activating group) is 1. The third-order valence-corrected chi connectivity index (χ3v) is 11.1. The third kappa shape index (κ3) is 4.18. The van der Waals surface area contributed by atoms with Gasteiger partial charge in [-0.25, -0.2) is 0 Å². The van der Waals surface area contributed by atoms with Crippen LogP contribution in [0.4, 0.5) is 0 Å². The van der Waals surface area contributed by atoms with E-state index in [-0.39, 0.29) is 0 Å². The Labute approximate surface area is 210 Å². The van der Waals surface area contributed by atoms with Crippen molar-refractivity contribution >= 4 is 5.91 Å². The van der Waals surface area contributed by atoms with Crippen molar-refractivity contribution in [2.24, 2.45) is 29.6 Å². The molecule has 35 heavy (non-hydrogen) atoms. The van der Waals surface area contributed by atoms with Crippen molar-refractivity contribution in [3.63, 3.8) is 0 Å². The molecule has 8 aliphatic rings. The van der Waals surface area contributed by atoms with Gasteiger partial charge in [0.1, 0.15) is 0 Å². The monoisotopic (exact) mass is 487 g/mol. The number of hydrogen-bond donors (Lipinski definition) is 0. The van der Waals surface area contributed by atoms with E-state index in [4.69, 9.17) is 14.5 Å². The Bertz CT molecular complexity index is 768. The quantitative estimate of drug-likeness (QED) is 0.567. The van der Waals surface area contributed by atoms with E-state index >= 15 is 0 Å². The maximum Gasteiger partial charge on any atom is 0.222 e. The van der Waals surface area contributed by atoms with E-state index in [2.05, 4.69) is 21.7 Å². The average Bonchev–Trinajstić information content (AvgIpc) is 3.24. The van der Waals surface area contributed by atoms with Gasteiger partial charge in [0.2, 0.25) is 17.5 Å². The highest BCUT2D eigenvalue weighted by molar-refractivity contribution is 5.76. The number of nitrogens with zero attached hydrogens (tertiary/aromatic N) is 3. The van der Waals surface area contributed by atoms with Crippen molar-refractivity contribution < 1.29 is 19.3 Å². The number of carbonyl (C=O) groups excluding carboxylic acids is 1. The number of piperidine rings is 1. The van der Waals surface area contributed by atoms with Crippen LogP contribution < -0.4 is 0 Å². The number of rotatable bonds is 3. The smallest absolute Gasteiger partial charge is 0.222 e. The van der Waals surface area contributed by atoms with Crippen molar-refractivity contribution in [1.29, 1.82) is 0 Å². The molecular weight excluding hydrogens is 442 g/mol. The molecule has 3 saturated heterocycles. The Morgan fingerprint density at radius 1 is 0.800 bits per heavy atom. The standard InChI is InChI=1S/C28H45N3O4/c1-29-10-12-30(13-11-29)25-4-8-31(9-5-25)26(32)19-20-2-6-27(7-3-20)33-28(35-34-27)23-15-21-14-22(17-23)18-24(28)16-21/h20-25H,2-19H2,1H3. The van der Waals surface area contributed by atoms with Gasteiger partial charge in [0.05, 0.1) is 0 Å². The average molecular weight is 488 g/mol. The number of likely N-dealkylation sites (tertiary alicyclic amines) is 1. The van der Waals surface area contributed by atoms with Crippen molar-refractivity contribution in [3.8, 4) is 0 Å². The van der Waals surface area contributed by atoms with E-state index in [0.29, 0.717) is 36.1 Å². The summed E-state index contributed by atoms with van der Waals surface area (Å²) in [6.45, 7) is 6.56. The summed E-state index contributed by atoms with van der Waals surface area (Å²) in [6.07, 6.45) is 13.2. The third-order valence-electron chi connectivity index (χ3n) is 11.1. The number of ether oxygens (including phenoxy) is 1. The Hall–Kier alpha value is -0.730. The minimum Gasteiger partial charge on any atom is -0.343 e. The van der Waals surface area contributed by atoms with Gasteiger partial charge in [-0.05, 0) is 82.6 Å². The first-order valence-corrected chi connectivity index (χ1v) is 14.8. The number of piperazine rings is 1. The Kier molecular flexibility index (Phi) is 5.97. The molecule has 7 heteroatoms. The van der Waals surface area contributed by atoms with Gasteiger partial charge < -0.3 is 14.5 Å².